The molecule has 0 aromatic heterocycles. The van der Waals surface area contributed by atoms with Crippen LogP contribution < -0.4 is 0 Å². The van der Waals surface area contributed by atoms with Crippen molar-refractivity contribution in [1.29, 1.82) is 0 Å². The molecule has 0 aliphatic rings. The summed E-state index contributed by atoms with van der Waals surface area (Å²) in [6, 6.07) is 0. The van der Waals surface area contributed by atoms with Crippen molar-refractivity contribution >= 4 is 0 Å². The second-order valence-electron chi connectivity index (χ2n) is 7.55. The number of unbranched alkanes of at least 4 members (excludes halogenated alkanes) is 14. The van der Waals surface area contributed by atoms with Gasteiger partial charge in [0.05, 0.1) is 12.7 Å². The summed E-state index contributed by atoms with van der Waals surface area (Å²) in [6.45, 7) is 3.75. The molecule has 1 atom stereocenters. The van der Waals surface area contributed by atoms with E-state index in [9.17, 15) is 5.11 Å². The Morgan fingerprint density at radius 1 is 0.667 bits per heavy atom. The van der Waals surface area contributed by atoms with E-state index >= 15 is 0 Å². The van der Waals surface area contributed by atoms with Crippen molar-refractivity contribution in [3.05, 3.63) is 0 Å². The van der Waals surface area contributed by atoms with Crippen LogP contribution in [0.4, 0.5) is 0 Å². The number of hydrogen-bond acceptors (Lipinski definition) is 3. The summed E-state index contributed by atoms with van der Waals surface area (Å²) in [6.07, 6.45) is 20.3. The Balaban J connectivity index is 3.10. The van der Waals surface area contributed by atoms with Crippen molar-refractivity contribution in [2.75, 3.05) is 26.7 Å². The Hall–Kier alpha value is -0.120. The van der Waals surface area contributed by atoms with E-state index in [0.29, 0.717) is 6.54 Å². The third kappa shape index (κ3) is 18.2. The summed E-state index contributed by atoms with van der Waals surface area (Å²) in [5.74, 6) is 0. The predicted molar refractivity (Wildman–Crippen MR) is 106 cm³/mol. The van der Waals surface area contributed by atoms with Crippen molar-refractivity contribution in [3.63, 3.8) is 0 Å². The molecule has 0 aromatic rings. The van der Waals surface area contributed by atoms with Crippen molar-refractivity contribution in [2.24, 2.45) is 0 Å². The average Bonchev–Trinajstić information content (AvgIpc) is 2.58. The van der Waals surface area contributed by atoms with Gasteiger partial charge < -0.3 is 15.1 Å². The molecule has 0 aliphatic heterocycles. The van der Waals surface area contributed by atoms with E-state index in [2.05, 4.69) is 11.8 Å². The van der Waals surface area contributed by atoms with Crippen LogP contribution in [-0.4, -0.2) is 48.0 Å². The molecule has 0 bridgehead atoms. The SMILES string of the molecule is CCCCCCCCCCCCCCCCCN(C)CC(O)CO. The van der Waals surface area contributed by atoms with Gasteiger partial charge in [-0.1, -0.05) is 96.8 Å². The Labute approximate surface area is 151 Å². The Kier molecular flexibility index (Phi) is 19.1. The summed E-state index contributed by atoms with van der Waals surface area (Å²) >= 11 is 0. The standard InChI is InChI=1S/C21H45NO2/c1-3-4-5-6-7-8-9-10-11-12-13-14-15-16-17-18-22(2)19-21(24)20-23/h21,23-24H,3-20H2,1-2H3. The lowest BCUT2D eigenvalue weighted by Crippen LogP contribution is -2.31. The first-order valence-electron chi connectivity index (χ1n) is 10.7. The number of aliphatic hydroxyl groups is 2. The molecule has 2 N–H and O–H groups in total. The van der Waals surface area contributed by atoms with Gasteiger partial charge in [0, 0.05) is 6.54 Å². The fourth-order valence-corrected chi connectivity index (χ4v) is 3.26. The number of aliphatic hydroxyl groups excluding tert-OH is 2. The zero-order valence-electron chi connectivity index (χ0n) is 16.6. The minimum Gasteiger partial charge on any atom is -0.394 e. The molecule has 0 aliphatic carbocycles. The van der Waals surface area contributed by atoms with Gasteiger partial charge >= 0.3 is 0 Å². The molecule has 1 unspecified atom stereocenters. The smallest absolute Gasteiger partial charge is 0.0897 e. The van der Waals surface area contributed by atoms with Gasteiger partial charge in [-0.05, 0) is 20.0 Å². The number of hydrogen-bond donors (Lipinski definition) is 2. The summed E-state index contributed by atoms with van der Waals surface area (Å²) in [7, 11) is 2.02. The Morgan fingerprint density at radius 2 is 1.04 bits per heavy atom. The lowest BCUT2D eigenvalue weighted by atomic mass is 10.0. The van der Waals surface area contributed by atoms with Crippen LogP contribution in [0, 0.1) is 0 Å². The summed E-state index contributed by atoms with van der Waals surface area (Å²) in [5.41, 5.74) is 0. The van der Waals surface area contributed by atoms with Crippen LogP contribution in [0.15, 0.2) is 0 Å². The van der Waals surface area contributed by atoms with E-state index in [0.717, 1.165) is 6.54 Å². The van der Waals surface area contributed by atoms with Gasteiger partial charge in [-0.3, -0.25) is 0 Å². The fourth-order valence-electron chi connectivity index (χ4n) is 3.26. The quantitative estimate of drug-likeness (QED) is 0.319. The second-order valence-corrected chi connectivity index (χ2v) is 7.55. The van der Waals surface area contributed by atoms with Crippen molar-refractivity contribution in [3.8, 4) is 0 Å². The summed E-state index contributed by atoms with van der Waals surface area (Å²) in [5, 5.41) is 18.2. The minimum atomic E-state index is -0.591. The molecule has 0 heterocycles. The van der Waals surface area contributed by atoms with E-state index in [1.165, 1.54) is 96.3 Å². The molecule has 24 heavy (non-hydrogen) atoms. The molecule has 0 aromatic carbocycles. The van der Waals surface area contributed by atoms with Gasteiger partial charge in [-0.15, -0.1) is 0 Å². The molecule has 0 radical (unpaired) electrons. The third-order valence-electron chi connectivity index (χ3n) is 4.88. The first-order valence-corrected chi connectivity index (χ1v) is 10.7. The van der Waals surface area contributed by atoms with Crippen LogP contribution in [0.3, 0.4) is 0 Å². The number of likely N-dealkylation sites (N-methyl/N-ethyl adjacent to an activating group) is 1. The van der Waals surface area contributed by atoms with Crippen LogP contribution in [0.25, 0.3) is 0 Å². The largest absolute Gasteiger partial charge is 0.394 e. The van der Waals surface area contributed by atoms with E-state index < -0.39 is 6.10 Å². The maximum Gasteiger partial charge on any atom is 0.0897 e. The topological polar surface area (TPSA) is 43.7 Å². The highest BCUT2D eigenvalue weighted by Crippen LogP contribution is 2.13. The molecule has 3 nitrogen and oxygen atoms in total. The van der Waals surface area contributed by atoms with Gasteiger partial charge in [0.15, 0.2) is 0 Å². The lowest BCUT2D eigenvalue weighted by molar-refractivity contribution is 0.0662. The maximum atomic E-state index is 9.36. The minimum absolute atomic E-state index is 0.136. The highest BCUT2D eigenvalue weighted by atomic mass is 16.3. The molecule has 0 saturated heterocycles. The molecular weight excluding hydrogens is 298 g/mol. The van der Waals surface area contributed by atoms with Crippen LogP contribution in [0.2, 0.25) is 0 Å². The first kappa shape index (κ1) is 23.9. The molecule has 0 spiro atoms. The van der Waals surface area contributed by atoms with Crippen molar-refractivity contribution in [1.82, 2.24) is 4.90 Å². The van der Waals surface area contributed by atoms with E-state index in [1.54, 1.807) is 0 Å². The van der Waals surface area contributed by atoms with E-state index in [1.807, 2.05) is 7.05 Å². The highest BCUT2D eigenvalue weighted by molar-refractivity contribution is 4.60. The molecule has 0 amide bonds. The van der Waals surface area contributed by atoms with Gasteiger partial charge in [-0.25, -0.2) is 0 Å². The van der Waals surface area contributed by atoms with E-state index in [4.69, 9.17) is 5.11 Å². The van der Waals surface area contributed by atoms with Crippen LogP contribution in [0.1, 0.15) is 103 Å². The average molecular weight is 344 g/mol. The Bertz CT molecular complexity index is 236. The van der Waals surface area contributed by atoms with Gasteiger partial charge in [0.1, 0.15) is 0 Å². The second kappa shape index (κ2) is 19.2. The van der Waals surface area contributed by atoms with E-state index in [-0.39, 0.29) is 6.61 Å². The first-order chi connectivity index (χ1) is 11.7. The molecule has 0 fully saturated rings. The van der Waals surface area contributed by atoms with Gasteiger partial charge in [-0.2, -0.15) is 0 Å². The zero-order chi connectivity index (χ0) is 17.9. The molecule has 3 heteroatoms. The van der Waals surface area contributed by atoms with Crippen LogP contribution >= 0.6 is 0 Å². The fraction of sp³-hybridized carbons (Fsp3) is 1.00. The maximum absolute atomic E-state index is 9.36. The van der Waals surface area contributed by atoms with Crippen LogP contribution in [0.5, 0.6) is 0 Å². The molecule has 146 valence electrons. The van der Waals surface area contributed by atoms with Crippen LogP contribution in [-0.2, 0) is 0 Å². The summed E-state index contributed by atoms with van der Waals surface area (Å²) < 4.78 is 0. The zero-order valence-corrected chi connectivity index (χ0v) is 16.6. The highest BCUT2D eigenvalue weighted by Gasteiger charge is 2.05. The summed E-state index contributed by atoms with van der Waals surface area (Å²) in [4.78, 5) is 2.11. The molecular formula is C21H45NO2. The van der Waals surface area contributed by atoms with Crippen molar-refractivity contribution < 1.29 is 10.2 Å². The third-order valence-corrected chi connectivity index (χ3v) is 4.88. The van der Waals surface area contributed by atoms with Gasteiger partial charge in [0.2, 0.25) is 0 Å². The lowest BCUT2D eigenvalue weighted by Gasteiger charge is -2.18. The van der Waals surface area contributed by atoms with Crippen molar-refractivity contribution in [2.45, 2.75) is 109 Å². The number of nitrogens with zero attached hydrogens (tertiary/aromatic N) is 1. The van der Waals surface area contributed by atoms with Gasteiger partial charge in [0.25, 0.3) is 0 Å². The normalized spacial score (nSPS) is 12.9. The predicted octanol–water partition coefficient (Wildman–Crippen LogP) is 5.14. The number of rotatable bonds is 19. The Morgan fingerprint density at radius 3 is 1.42 bits per heavy atom. The molecule has 0 rings (SSSR count). The molecule has 0 saturated carbocycles. The monoisotopic (exact) mass is 343 g/mol.